The molecule has 0 fully saturated rings. The molecular weight excluding hydrogens is 168 g/mol. The quantitative estimate of drug-likeness (QED) is 0.742. The van der Waals surface area contributed by atoms with Crippen molar-refractivity contribution in [2.45, 2.75) is 19.4 Å². The molecule has 1 heterocycles. The maximum absolute atomic E-state index is 10.8. The summed E-state index contributed by atoms with van der Waals surface area (Å²) in [5.74, 6) is 0.111. The zero-order valence-corrected chi connectivity index (χ0v) is 7.43. The topological polar surface area (TPSA) is 65.2 Å². The Morgan fingerprint density at radius 1 is 1.77 bits per heavy atom. The molecule has 0 aromatic carbocycles. The van der Waals surface area contributed by atoms with E-state index in [1.807, 2.05) is 6.92 Å². The summed E-state index contributed by atoms with van der Waals surface area (Å²) in [5.41, 5.74) is 5.11. The molecule has 2 N–H and O–H groups in total. The molecule has 0 aliphatic rings. The summed E-state index contributed by atoms with van der Waals surface area (Å²) >= 11 is 0. The number of ether oxygens (including phenoxy) is 1. The Kier molecular flexibility index (Phi) is 3.25. The Labute approximate surface area is 76.7 Å². The van der Waals surface area contributed by atoms with Crippen molar-refractivity contribution in [2.75, 3.05) is 0 Å². The van der Waals surface area contributed by atoms with E-state index in [-0.39, 0.29) is 0 Å². The minimum absolute atomic E-state index is 0.452. The number of rotatable bonds is 4. The van der Waals surface area contributed by atoms with Crippen LogP contribution in [0.2, 0.25) is 0 Å². The first kappa shape index (κ1) is 9.51. The first-order valence-corrected chi connectivity index (χ1v) is 4.10. The van der Waals surface area contributed by atoms with Gasteiger partial charge in [-0.1, -0.05) is 6.92 Å². The predicted molar refractivity (Wildman–Crippen MR) is 48.1 cm³/mol. The van der Waals surface area contributed by atoms with E-state index in [1.165, 1.54) is 0 Å². The Morgan fingerprint density at radius 2 is 2.54 bits per heavy atom. The van der Waals surface area contributed by atoms with Gasteiger partial charge >= 0.3 is 0 Å². The predicted octanol–water partition coefficient (Wildman–Crippen LogP) is 0.724. The number of primary amides is 1. The largest absolute Gasteiger partial charge is 0.479 e. The summed E-state index contributed by atoms with van der Waals surface area (Å²) < 4.78 is 5.29. The number of pyridine rings is 1. The van der Waals surface area contributed by atoms with Gasteiger partial charge < -0.3 is 10.5 Å². The third kappa shape index (κ3) is 2.74. The molecule has 70 valence electrons. The Bertz CT molecular complexity index is 274. The Morgan fingerprint density at radius 3 is 3.00 bits per heavy atom. The highest BCUT2D eigenvalue weighted by atomic mass is 16.5. The molecule has 4 nitrogen and oxygen atoms in total. The second-order valence-electron chi connectivity index (χ2n) is 2.61. The van der Waals surface area contributed by atoms with Crippen LogP contribution in [0.25, 0.3) is 0 Å². The standard InChI is InChI=1S/C9H12N2O2/c1-2-8(9(10)12)13-7-4-3-5-11-6-7/h3-6,8H,2H2,1H3,(H2,10,12). The van der Waals surface area contributed by atoms with Gasteiger partial charge in [-0.3, -0.25) is 9.78 Å². The first-order chi connectivity index (χ1) is 6.24. The van der Waals surface area contributed by atoms with Crippen LogP contribution in [0.5, 0.6) is 5.75 Å². The third-order valence-corrected chi connectivity index (χ3v) is 1.60. The van der Waals surface area contributed by atoms with Crippen molar-refractivity contribution in [3.05, 3.63) is 24.5 Å². The fourth-order valence-corrected chi connectivity index (χ4v) is 0.924. The van der Waals surface area contributed by atoms with Gasteiger partial charge in [0.1, 0.15) is 5.75 Å². The fraction of sp³-hybridized carbons (Fsp3) is 0.333. The number of carbonyl (C=O) groups excluding carboxylic acids is 1. The van der Waals surface area contributed by atoms with Crippen LogP contribution in [-0.4, -0.2) is 17.0 Å². The van der Waals surface area contributed by atoms with E-state index in [2.05, 4.69) is 4.98 Å². The lowest BCUT2D eigenvalue weighted by molar-refractivity contribution is -0.124. The summed E-state index contributed by atoms with van der Waals surface area (Å²) in [7, 11) is 0. The van der Waals surface area contributed by atoms with Crippen LogP contribution >= 0.6 is 0 Å². The van der Waals surface area contributed by atoms with Crippen molar-refractivity contribution in [1.29, 1.82) is 0 Å². The van der Waals surface area contributed by atoms with Gasteiger partial charge in [-0.15, -0.1) is 0 Å². The molecule has 1 atom stereocenters. The van der Waals surface area contributed by atoms with Gasteiger partial charge in [0.05, 0.1) is 6.20 Å². The lowest BCUT2D eigenvalue weighted by atomic mass is 10.2. The second-order valence-corrected chi connectivity index (χ2v) is 2.61. The molecule has 1 rings (SSSR count). The minimum atomic E-state index is -0.566. The molecule has 1 aromatic heterocycles. The zero-order valence-electron chi connectivity index (χ0n) is 7.43. The van der Waals surface area contributed by atoms with Gasteiger partial charge in [0.2, 0.25) is 0 Å². The van der Waals surface area contributed by atoms with Gasteiger partial charge in [-0.2, -0.15) is 0 Å². The normalized spacial score (nSPS) is 12.1. The molecule has 0 radical (unpaired) electrons. The SMILES string of the molecule is CCC(Oc1cccnc1)C(N)=O. The van der Waals surface area contributed by atoms with E-state index in [0.29, 0.717) is 12.2 Å². The molecular formula is C9H12N2O2. The van der Waals surface area contributed by atoms with Crippen molar-refractivity contribution in [3.8, 4) is 5.75 Å². The number of amides is 1. The number of carbonyl (C=O) groups is 1. The van der Waals surface area contributed by atoms with Crippen molar-refractivity contribution >= 4 is 5.91 Å². The number of hydrogen-bond donors (Lipinski definition) is 1. The number of aromatic nitrogens is 1. The smallest absolute Gasteiger partial charge is 0.258 e. The highest BCUT2D eigenvalue weighted by molar-refractivity contribution is 5.79. The molecule has 1 amide bonds. The van der Waals surface area contributed by atoms with Crippen LogP contribution in [0.1, 0.15) is 13.3 Å². The van der Waals surface area contributed by atoms with Gasteiger partial charge in [0.15, 0.2) is 6.10 Å². The molecule has 0 aliphatic heterocycles. The maximum Gasteiger partial charge on any atom is 0.258 e. The van der Waals surface area contributed by atoms with E-state index in [4.69, 9.17) is 10.5 Å². The molecule has 0 bridgehead atoms. The highest BCUT2D eigenvalue weighted by Crippen LogP contribution is 2.10. The molecule has 1 aromatic rings. The van der Waals surface area contributed by atoms with E-state index in [1.54, 1.807) is 24.5 Å². The second kappa shape index (κ2) is 4.45. The van der Waals surface area contributed by atoms with Crippen LogP contribution in [0.15, 0.2) is 24.5 Å². The van der Waals surface area contributed by atoms with E-state index >= 15 is 0 Å². The lowest BCUT2D eigenvalue weighted by Gasteiger charge is -2.12. The average Bonchev–Trinajstić information content (AvgIpc) is 2.15. The van der Waals surface area contributed by atoms with E-state index < -0.39 is 12.0 Å². The van der Waals surface area contributed by atoms with Crippen LogP contribution < -0.4 is 10.5 Å². The van der Waals surface area contributed by atoms with Crippen LogP contribution in [-0.2, 0) is 4.79 Å². The van der Waals surface area contributed by atoms with Gasteiger partial charge in [0, 0.05) is 6.20 Å². The third-order valence-electron chi connectivity index (χ3n) is 1.60. The Hall–Kier alpha value is -1.58. The summed E-state index contributed by atoms with van der Waals surface area (Å²) in [6, 6.07) is 3.47. The molecule has 0 saturated carbocycles. The summed E-state index contributed by atoms with van der Waals surface area (Å²) in [5, 5.41) is 0. The first-order valence-electron chi connectivity index (χ1n) is 4.10. The van der Waals surface area contributed by atoms with Gasteiger partial charge in [-0.05, 0) is 18.6 Å². The van der Waals surface area contributed by atoms with Crippen molar-refractivity contribution < 1.29 is 9.53 Å². The maximum atomic E-state index is 10.8. The minimum Gasteiger partial charge on any atom is -0.479 e. The summed E-state index contributed by atoms with van der Waals surface area (Å²) in [6.07, 6.45) is 3.18. The molecule has 13 heavy (non-hydrogen) atoms. The Balaban J connectivity index is 2.62. The fourth-order valence-electron chi connectivity index (χ4n) is 0.924. The molecule has 0 aliphatic carbocycles. The zero-order chi connectivity index (χ0) is 9.68. The van der Waals surface area contributed by atoms with Crippen LogP contribution in [0, 0.1) is 0 Å². The van der Waals surface area contributed by atoms with Gasteiger partial charge in [0.25, 0.3) is 5.91 Å². The van der Waals surface area contributed by atoms with Crippen molar-refractivity contribution in [2.24, 2.45) is 5.73 Å². The summed E-state index contributed by atoms with van der Waals surface area (Å²) in [4.78, 5) is 14.7. The number of nitrogens with two attached hydrogens (primary N) is 1. The number of nitrogens with zero attached hydrogens (tertiary/aromatic N) is 1. The van der Waals surface area contributed by atoms with E-state index in [9.17, 15) is 4.79 Å². The van der Waals surface area contributed by atoms with Crippen LogP contribution in [0.3, 0.4) is 0 Å². The molecule has 0 saturated heterocycles. The van der Waals surface area contributed by atoms with E-state index in [0.717, 1.165) is 0 Å². The lowest BCUT2D eigenvalue weighted by Crippen LogP contribution is -2.32. The van der Waals surface area contributed by atoms with Crippen molar-refractivity contribution in [1.82, 2.24) is 4.98 Å². The van der Waals surface area contributed by atoms with Gasteiger partial charge in [-0.25, -0.2) is 0 Å². The average molecular weight is 180 g/mol. The molecule has 4 heteroatoms. The highest BCUT2D eigenvalue weighted by Gasteiger charge is 2.13. The van der Waals surface area contributed by atoms with Crippen LogP contribution in [0.4, 0.5) is 0 Å². The number of hydrogen-bond acceptors (Lipinski definition) is 3. The monoisotopic (exact) mass is 180 g/mol. The summed E-state index contributed by atoms with van der Waals surface area (Å²) in [6.45, 7) is 1.84. The molecule has 1 unspecified atom stereocenters. The molecule has 0 spiro atoms. The van der Waals surface area contributed by atoms with Crippen molar-refractivity contribution in [3.63, 3.8) is 0 Å².